The summed E-state index contributed by atoms with van der Waals surface area (Å²) < 4.78 is 6.25. The Bertz CT molecular complexity index is 684. The molecule has 0 bridgehead atoms. The molecule has 1 aliphatic heterocycles. The van der Waals surface area contributed by atoms with Gasteiger partial charge in [0.2, 0.25) is 5.91 Å². The molecular weight excluding hydrogens is 354 g/mol. The molecule has 0 radical (unpaired) electrons. The van der Waals surface area contributed by atoms with Gasteiger partial charge in [-0.2, -0.15) is 0 Å². The van der Waals surface area contributed by atoms with Crippen LogP contribution in [0.25, 0.3) is 0 Å². The number of likely N-dealkylation sites (tertiary alicyclic amines) is 1. The number of carbonyl (C=O) groups excluding carboxylic acids is 1. The Morgan fingerprint density at radius 1 is 1.33 bits per heavy atom. The van der Waals surface area contributed by atoms with E-state index in [1.807, 2.05) is 32.2 Å². The highest BCUT2D eigenvalue weighted by Crippen LogP contribution is 2.41. The van der Waals surface area contributed by atoms with Gasteiger partial charge in [-0.3, -0.25) is 4.79 Å². The maximum absolute atomic E-state index is 12.7. The Morgan fingerprint density at radius 2 is 2.00 bits per heavy atom. The summed E-state index contributed by atoms with van der Waals surface area (Å²) in [6.07, 6.45) is 1.72. The van der Waals surface area contributed by atoms with E-state index in [0.717, 1.165) is 43.8 Å². The Kier molecular flexibility index (Phi) is 6.32. The van der Waals surface area contributed by atoms with Gasteiger partial charge in [-0.25, -0.2) is 0 Å². The number of amides is 1. The molecule has 1 saturated heterocycles. The van der Waals surface area contributed by atoms with Crippen LogP contribution in [-0.4, -0.2) is 45.9 Å². The fourth-order valence-electron chi connectivity index (χ4n) is 3.33. The third kappa shape index (κ3) is 4.49. The molecule has 0 aliphatic carbocycles. The zero-order valence-corrected chi connectivity index (χ0v) is 19.1. The molecule has 1 atom stereocenters. The third-order valence-corrected chi connectivity index (χ3v) is 10.9. The van der Waals surface area contributed by atoms with Crippen molar-refractivity contribution >= 4 is 25.6 Å². The van der Waals surface area contributed by atoms with Crippen LogP contribution in [0.5, 0.6) is 0 Å². The monoisotopic (exact) mass is 391 g/mol. The number of hydrogen-bond donors (Lipinski definition) is 2. The quantitative estimate of drug-likeness (QED) is 0.415. The minimum Gasteiger partial charge on any atom is -0.417 e. The van der Waals surface area contributed by atoms with Crippen molar-refractivity contribution in [2.24, 2.45) is 0 Å². The second-order valence-corrected chi connectivity index (χ2v) is 14.3. The maximum atomic E-state index is 12.7. The van der Waals surface area contributed by atoms with E-state index in [4.69, 9.17) is 10.2 Å². The van der Waals surface area contributed by atoms with E-state index >= 15 is 0 Å². The summed E-state index contributed by atoms with van der Waals surface area (Å²) in [7, 11) is 0.158. The molecule has 3 N–H and O–H groups in total. The van der Waals surface area contributed by atoms with Gasteiger partial charge in [0.25, 0.3) is 0 Å². The van der Waals surface area contributed by atoms with Crippen molar-refractivity contribution in [3.8, 4) is 0 Å². The number of rotatable bonds is 7. The van der Waals surface area contributed by atoms with Gasteiger partial charge in [0.05, 0.1) is 16.8 Å². The van der Waals surface area contributed by atoms with Crippen LogP contribution in [0.3, 0.4) is 0 Å². The normalized spacial score (nSPS) is 21.0. The zero-order chi connectivity index (χ0) is 20.5. The molecule has 152 valence electrons. The number of para-hydroxylation sites is 1. The second-order valence-electron chi connectivity index (χ2n) is 9.47. The average molecular weight is 392 g/mol. The van der Waals surface area contributed by atoms with Gasteiger partial charge in [-0.1, -0.05) is 32.9 Å². The number of nitrogen functional groups attached to an aromatic ring is 1. The van der Waals surface area contributed by atoms with Crippen LogP contribution in [0.15, 0.2) is 18.2 Å². The number of carbonyl (C=O) groups is 1. The third-order valence-electron chi connectivity index (χ3n) is 6.35. The molecule has 0 spiro atoms. The second kappa shape index (κ2) is 7.84. The highest BCUT2D eigenvalue weighted by Gasteiger charge is 2.44. The molecule has 0 saturated carbocycles. The Balaban J connectivity index is 2.03. The summed E-state index contributed by atoms with van der Waals surface area (Å²) in [5, 5.41) is 3.71. The van der Waals surface area contributed by atoms with Crippen molar-refractivity contribution in [2.75, 3.05) is 37.8 Å². The summed E-state index contributed by atoms with van der Waals surface area (Å²) in [4.78, 5) is 14.5. The average Bonchev–Trinajstić information content (AvgIpc) is 2.83. The summed E-state index contributed by atoms with van der Waals surface area (Å²) in [5.74, 6) is 0.164. The van der Waals surface area contributed by atoms with Crippen LogP contribution >= 0.6 is 0 Å². The lowest BCUT2D eigenvalue weighted by Crippen LogP contribution is -2.41. The predicted molar refractivity (Wildman–Crippen MR) is 117 cm³/mol. The van der Waals surface area contributed by atoms with Crippen molar-refractivity contribution in [1.29, 1.82) is 0 Å². The van der Waals surface area contributed by atoms with E-state index in [9.17, 15) is 4.79 Å². The van der Waals surface area contributed by atoms with Gasteiger partial charge in [0.15, 0.2) is 8.32 Å². The summed E-state index contributed by atoms with van der Waals surface area (Å²) >= 11 is 0. The molecule has 27 heavy (non-hydrogen) atoms. The maximum Gasteiger partial charge on any atom is 0.232 e. The van der Waals surface area contributed by atoms with E-state index in [0.29, 0.717) is 5.69 Å². The zero-order valence-electron chi connectivity index (χ0n) is 18.1. The standard InChI is InChI=1S/C21H37N3O2Si/c1-20(2,3)27(6,7)26-15-9-13-23-18-16(10-8-11-17(18)22)21(4)12-14-24(5)19(21)25/h8,10-11,23H,9,12-15,22H2,1-7H3. The first kappa shape index (κ1) is 21.8. The first-order valence-corrected chi connectivity index (χ1v) is 12.8. The molecule has 0 aromatic heterocycles. The topological polar surface area (TPSA) is 67.6 Å². The lowest BCUT2D eigenvalue weighted by molar-refractivity contribution is -0.130. The molecule has 1 heterocycles. The molecule has 6 heteroatoms. The Labute approximate surface area is 165 Å². The van der Waals surface area contributed by atoms with Crippen LogP contribution in [0, 0.1) is 0 Å². The SMILES string of the molecule is CN1CCC(C)(c2cccc(N)c2NCCCO[Si](C)(C)C(C)(C)C)C1=O. The molecule has 5 nitrogen and oxygen atoms in total. The molecule has 1 aliphatic rings. The number of hydrogen-bond acceptors (Lipinski definition) is 4. The number of likely N-dealkylation sites (N-methyl/N-ethyl adjacent to an activating group) is 1. The van der Waals surface area contributed by atoms with Gasteiger partial charge in [-0.15, -0.1) is 0 Å². The Morgan fingerprint density at radius 3 is 2.56 bits per heavy atom. The van der Waals surface area contributed by atoms with E-state index in [1.54, 1.807) is 4.90 Å². The highest BCUT2D eigenvalue weighted by atomic mass is 28.4. The minimum atomic E-state index is -1.71. The fraction of sp³-hybridized carbons (Fsp3) is 0.667. The first-order valence-electron chi connectivity index (χ1n) is 9.92. The molecule has 1 aromatic carbocycles. The van der Waals surface area contributed by atoms with Gasteiger partial charge >= 0.3 is 0 Å². The van der Waals surface area contributed by atoms with Gasteiger partial charge < -0.3 is 20.4 Å². The lowest BCUT2D eigenvalue weighted by atomic mass is 9.79. The van der Waals surface area contributed by atoms with Gasteiger partial charge in [0.1, 0.15) is 0 Å². The van der Waals surface area contributed by atoms with E-state index < -0.39 is 13.7 Å². The van der Waals surface area contributed by atoms with Crippen molar-refractivity contribution in [3.05, 3.63) is 23.8 Å². The summed E-state index contributed by atoms with van der Waals surface area (Å²) in [6, 6.07) is 5.86. The van der Waals surface area contributed by atoms with Crippen molar-refractivity contribution < 1.29 is 9.22 Å². The fourth-order valence-corrected chi connectivity index (χ4v) is 4.42. The first-order chi connectivity index (χ1) is 12.4. The number of benzene rings is 1. The predicted octanol–water partition coefficient (Wildman–Crippen LogP) is 4.21. The number of nitrogens with two attached hydrogens (primary N) is 1. The number of nitrogens with zero attached hydrogens (tertiary/aromatic N) is 1. The van der Waals surface area contributed by atoms with E-state index in [2.05, 4.69) is 39.2 Å². The van der Waals surface area contributed by atoms with Gasteiger partial charge in [-0.05, 0) is 49.5 Å². The van der Waals surface area contributed by atoms with Crippen LogP contribution in [0.1, 0.15) is 46.1 Å². The lowest BCUT2D eigenvalue weighted by Gasteiger charge is -2.36. The van der Waals surface area contributed by atoms with Crippen molar-refractivity contribution in [3.63, 3.8) is 0 Å². The highest BCUT2D eigenvalue weighted by molar-refractivity contribution is 6.74. The van der Waals surface area contributed by atoms with Crippen LogP contribution in [-0.2, 0) is 14.6 Å². The minimum absolute atomic E-state index is 0.164. The van der Waals surface area contributed by atoms with Crippen LogP contribution in [0.2, 0.25) is 18.1 Å². The van der Waals surface area contributed by atoms with E-state index in [-0.39, 0.29) is 10.9 Å². The van der Waals surface area contributed by atoms with Crippen LogP contribution in [0.4, 0.5) is 11.4 Å². The molecular formula is C21H37N3O2Si. The van der Waals surface area contributed by atoms with Crippen molar-refractivity contribution in [1.82, 2.24) is 4.90 Å². The smallest absolute Gasteiger partial charge is 0.232 e. The largest absolute Gasteiger partial charge is 0.417 e. The van der Waals surface area contributed by atoms with Gasteiger partial charge in [0, 0.05) is 26.7 Å². The molecule has 1 fully saturated rings. The molecule has 2 rings (SSSR count). The Hall–Kier alpha value is -1.53. The number of anilines is 2. The summed E-state index contributed by atoms with van der Waals surface area (Å²) in [5.41, 5.74) is 8.34. The number of nitrogens with one attached hydrogen (secondary N) is 1. The molecule has 1 amide bonds. The molecule has 1 unspecified atom stereocenters. The van der Waals surface area contributed by atoms with E-state index in [1.165, 1.54) is 0 Å². The van der Waals surface area contributed by atoms with Crippen molar-refractivity contribution in [2.45, 2.75) is 64.1 Å². The molecule has 1 aromatic rings. The summed E-state index contributed by atoms with van der Waals surface area (Å²) in [6.45, 7) is 15.6. The van der Waals surface area contributed by atoms with Crippen LogP contribution < -0.4 is 11.1 Å².